The maximum Gasteiger partial charge on any atom is 0.309 e. The number of carbonyl (C=O) groups is 1. The smallest absolute Gasteiger partial charge is 0.309 e. The number of hydrogen-bond acceptors (Lipinski definition) is 8. The third-order valence-corrected chi connectivity index (χ3v) is 5.25. The Morgan fingerprint density at radius 1 is 1.16 bits per heavy atom. The van der Waals surface area contributed by atoms with Crippen molar-refractivity contribution < 1.29 is 19.7 Å². The van der Waals surface area contributed by atoms with Crippen LogP contribution in [-0.4, -0.2) is 47.1 Å². The number of aliphatic hydroxyl groups is 2. The highest BCUT2D eigenvalue weighted by atomic mass is 16.5. The van der Waals surface area contributed by atoms with Gasteiger partial charge in [-0.05, 0) is 37.5 Å². The molecule has 1 aliphatic carbocycles. The number of hydrogen-bond donors (Lipinski definition) is 2. The summed E-state index contributed by atoms with van der Waals surface area (Å²) in [5.74, 6) is 0.390. The largest absolute Gasteiger partial charge is 0.463 e. The molecule has 7 unspecified atom stereocenters. The van der Waals surface area contributed by atoms with Gasteiger partial charge in [0.15, 0.2) is 0 Å². The molecule has 0 aliphatic heterocycles. The molecule has 1 rings (SSSR count). The molecule has 25 heavy (non-hydrogen) atoms. The Morgan fingerprint density at radius 3 is 2.32 bits per heavy atom. The van der Waals surface area contributed by atoms with Gasteiger partial charge in [-0.3, -0.25) is 4.79 Å². The first-order valence-corrected chi connectivity index (χ1v) is 8.90. The fraction of sp³-hybridized carbons (Fsp3) is 0.941. The summed E-state index contributed by atoms with van der Waals surface area (Å²) in [4.78, 5) is 33.7. The predicted octanol–water partition coefficient (Wildman–Crippen LogP) is 2.25. The van der Waals surface area contributed by atoms with E-state index in [0.717, 1.165) is 19.3 Å². The first kappa shape index (κ1) is 21.6. The number of nitroso groups, excluding NO2 is 2. The molecule has 0 aromatic heterocycles. The Labute approximate surface area is 148 Å². The van der Waals surface area contributed by atoms with E-state index in [1.165, 1.54) is 6.92 Å². The van der Waals surface area contributed by atoms with Gasteiger partial charge in [0.25, 0.3) is 0 Å². The van der Waals surface area contributed by atoms with Crippen LogP contribution in [0.25, 0.3) is 0 Å². The predicted molar refractivity (Wildman–Crippen MR) is 92.6 cm³/mol. The van der Waals surface area contributed by atoms with Gasteiger partial charge in [-0.15, -0.1) is 0 Å². The quantitative estimate of drug-likeness (QED) is 0.481. The minimum absolute atomic E-state index is 0.231. The van der Waals surface area contributed by atoms with Gasteiger partial charge in [-0.1, -0.05) is 37.5 Å². The van der Waals surface area contributed by atoms with Gasteiger partial charge in [-0.25, -0.2) is 0 Å². The lowest BCUT2D eigenvalue weighted by atomic mass is 9.70. The Hall–Kier alpha value is -1.41. The lowest BCUT2D eigenvalue weighted by Gasteiger charge is -2.36. The van der Waals surface area contributed by atoms with Crippen LogP contribution in [0.1, 0.15) is 47.0 Å². The Bertz CT molecular complexity index is 458. The van der Waals surface area contributed by atoms with Crippen LogP contribution in [0, 0.1) is 33.5 Å². The lowest BCUT2D eigenvalue weighted by molar-refractivity contribution is -0.159. The molecule has 1 fully saturated rings. The Kier molecular flexibility index (Phi) is 8.58. The molecule has 0 radical (unpaired) electrons. The number of rotatable bonds is 9. The van der Waals surface area contributed by atoms with Gasteiger partial charge in [0.1, 0.15) is 30.9 Å². The molecule has 0 aromatic carbocycles. The molecule has 0 amide bonds. The molecule has 7 atom stereocenters. The van der Waals surface area contributed by atoms with Gasteiger partial charge >= 0.3 is 5.97 Å². The minimum atomic E-state index is -1.62. The summed E-state index contributed by atoms with van der Waals surface area (Å²) in [7, 11) is 0. The van der Waals surface area contributed by atoms with E-state index in [1.54, 1.807) is 0 Å². The zero-order valence-electron chi connectivity index (χ0n) is 15.4. The summed E-state index contributed by atoms with van der Waals surface area (Å²) in [5, 5.41) is 25.2. The molecule has 8 nitrogen and oxygen atoms in total. The molecule has 0 spiro atoms. The summed E-state index contributed by atoms with van der Waals surface area (Å²) >= 11 is 0. The van der Waals surface area contributed by atoms with Crippen LogP contribution in [0.3, 0.4) is 0 Å². The third-order valence-electron chi connectivity index (χ3n) is 5.25. The molecule has 0 aromatic rings. The number of aliphatic hydroxyl groups excluding tert-OH is 2. The topological polar surface area (TPSA) is 126 Å². The number of carbonyl (C=O) groups excluding carboxylic acids is 1. The van der Waals surface area contributed by atoms with E-state index >= 15 is 0 Å². The van der Waals surface area contributed by atoms with Crippen LogP contribution in [-0.2, 0) is 9.53 Å². The second-order valence-electron chi connectivity index (χ2n) is 7.56. The molecule has 8 heteroatoms. The van der Waals surface area contributed by atoms with Crippen molar-refractivity contribution in [1.29, 1.82) is 0 Å². The van der Waals surface area contributed by atoms with Gasteiger partial charge in [-0.2, -0.15) is 9.81 Å². The summed E-state index contributed by atoms with van der Waals surface area (Å²) in [6, 6.07) is -2.47. The molecule has 1 aliphatic rings. The van der Waals surface area contributed by atoms with E-state index in [2.05, 4.69) is 31.1 Å². The third kappa shape index (κ3) is 5.81. The fourth-order valence-electron chi connectivity index (χ4n) is 3.57. The van der Waals surface area contributed by atoms with E-state index in [0.29, 0.717) is 11.8 Å². The SMILES string of the molecule is CC1CCC(C(C)C)C(C(=O)OCC(O)C(O)C(N=O)C(C)N=O)C1. The summed E-state index contributed by atoms with van der Waals surface area (Å²) in [5.41, 5.74) is 0. The monoisotopic (exact) mass is 358 g/mol. The lowest BCUT2D eigenvalue weighted by Crippen LogP contribution is -2.44. The van der Waals surface area contributed by atoms with Crippen molar-refractivity contribution in [1.82, 2.24) is 0 Å². The molecule has 2 N–H and O–H groups in total. The molecule has 1 saturated carbocycles. The first-order chi connectivity index (χ1) is 11.7. The second kappa shape index (κ2) is 9.91. The van der Waals surface area contributed by atoms with Crippen LogP contribution in [0.5, 0.6) is 0 Å². The Morgan fingerprint density at radius 2 is 1.80 bits per heavy atom. The average molecular weight is 358 g/mol. The van der Waals surface area contributed by atoms with Gasteiger partial charge in [0.2, 0.25) is 0 Å². The van der Waals surface area contributed by atoms with Gasteiger partial charge in [0.05, 0.1) is 5.92 Å². The maximum absolute atomic E-state index is 12.4. The van der Waals surface area contributed by atoms with Crippen molar-refractivity contribution >= 4 is 5.97 Å². The van der Waals surface area contributed by atoms with Crippen LogP contribution in [0.2, 0.25) is 0 Å². The molecular formula is C17H30N2O6. The van der Waals surface area contributed by atoms with E-state index in [-0.39, 0.29) is 11.8 Å². The normalized spacial score (nSPS) is 28.7. The number of ether oxygens (including phenoxy) is 1. The standard InChI is InChI=1S/C17H30N2O6/c1-9(2)12-6-5-10(3)7-13(12)17(22)25-8-14(20)16(21)15(19-24)11(4)18-23/h9-16,20-21H,5-8H2,1-4H3. The van der Waals surface area contributed by atoms with Crippen molar-refractivity contribution in [2.45, 2.75) is 71.2 Å². The van der Waals surface area contributed by atoms with Gasteiger partial charge in [0, 0.05) is 0 Å². The zero-order chi connectivity index (χ0) is 19.1. The fourth-order valence-corrected chi connectivity index (χ4v) is 3.57. The highest BCUT2D eigenvalue weighted by Gasteiger charge is 2.38. The van der Waals surface area contributed by atoms with Crippen LogP contribution < -0.4 is 0 Å². The molecule has 0 saturated heterocycles. The van der Waals surface area contributed by atoms with E-state index < -0.39 is 36.9 Å². The highest BCUT2D eigenvalue weighted by Crippen LogP contribution is 2.38. The minimum Gasteiger partial charge on any atom is -0.463 e. The summed E-state index contributed by atoms with van der Waals surface area (Å²) < 4.78 is 5.20. The van der Waals surface area contributed by atoms with E-state index in [1.807, 2.05) is 0 Å². The average Bonchev–Trinajstić information content (AvgIpc) is 2.58. The van der Waals surface area contributed by atoms with Gasteiger partial charge < -0.3 is 14.9 Å². The van der Waals surface area contributed by atoms with Crippen molar-refractivity contribution in [3.05, 3.63) is 9.81 Å². The number of nitrogens with zero attached hydrogens (tertiary/aromatic N) is 2. The zero-order valence-corrected chi connectivity index (χ0v) is 15.4. The van der Waals surface area contributed by atoms with Crippen molar-refractivity contribution in [3.63, 3.8) is 0 Å². The second-order valence-corrected chi connectivity index (χ2v) is 7.56. The van der Waals surface area contributed by atoms with E-state index in [4.69, 9.17) is 4.74 Å². The van der Waals surface area contributed by atoms with Crippen LogP contribution in [0.4, 0.5) is 0 Å². The van der Waals surface area contributed by atoms with Crippen molar-refractivity contribution in [2.75, 3.05) is 6.61 Å². The number of esters is 1. The highest BCUT2D eigenvalue weighted by molar-refractivity contribution is 5.73. The maximum atomic E-state index is 12.4. The van der Waals surface area contributed by atoms with Crippen molar-refractivity contribution in [2.24, 2.45) is 34.0 Å². The molecule has 144 valence electrons. The molecular weight excluding hydrogens is 328 g/mol. The summed E-state index contributed by atoms with van der Waals surface area (Å²) in [6.07, 6.45) is -0.343. The summed E-state index contributed by atoms with van der Waals surface area (Å²) in [6.45, 7) is 7.12. The van der Waals surface area contributed by atoms with Crippen LogP contribution in [0.15, 0.2) is 10.4 Å². The molecule has 0 heterocycles. The van der Waals surface area contributed by atoms with Crippen LogP contribution >= 0.6 is 0 Å². The van der Waals surface area contributed by atoms with E-state index in [9.17, 15) is 24.8 Å². The molecule has 0 bridgehead atoms. The van der Waals surface area contributed by atoms with Crippen molar-refractivity contribution in [3.8, 4) is 0 Å². The Balaban J connectivity index is 2.64. The first-order valence-electron chi connectivity index (χ1n) is 8.90.